The van der Waals surface area contributed by atoms with Crippen LogP contribution in [-0.2, 0) is 9.47 Å². The predicted molar refractivity (Wildman–Crippen MR) is 80.6 cm³/mol. The highest BCUT2D eigenvalue weighted by atomic mass is 16.5. The molecule has 0 aromatic heterocycles. The van der Waals surface area contributed by atoms with Crippen LogP contribution in [0.3, 0.4) is 0 Å². The van der Waals surface area contributed by atoms with Gasteiger partial charge in [-0.25, -0.2) is 0 Å². The molecule has 0 spiro atoms. The van der Waals surface area contributed by atoms with E-state index in [1.165, 1.54) is 12.8 Å². The average Bonchev–Trinajstić information content (AvgIpc) is 3.15. The summed E-state index contributed by atoms with van der Waals surface area (Å²) in [5.74, 6) is 0. The number of nitrogens with zero attached hydrogens (tertiary/aromatic N) is 1. The van der Waals surface area contributed by atoms with E-state index in [0.29, 0.717) is 19.3 Å². The molecule has 1 rings (SSSR count). The molecular formula is C16H30N2O2. The van der Waals surface area contributed by atoms with Gasteiger partial charge in [0.1, 0.15) is 5.54 Å². The van der Waals surface area contributed by atoms with Gasteiger partial charge in [0.15, 0.2) is 0 Å². The Balaban J connectivity index is 1.97. The number of hydrogen-bond donors (Lipinski definition) is 1. The van der Waals surface area contributed by atoms with Crippen molar-refractivity contribution in [2.75, 3.05) is 19.8 Å². The molecule has 0 saturated heterocycles. The summed E-state index contributed by atoms with van der Waals surface area (Å²) in [5.41, 5.74) is -0.455. The third-order valence-corrected chi connectivity index (χ3v) is 3.33. The first-order valence-electron chi connectivity index (χ1n) is 7.75. The van der Waals surface area contributed by atoms with E-state index in [1.54, 1.807) is 0 Å². The third kappa shape index (κ3) is 8.52. The summed E-state index contributed by atoms with van der Waals surface area (Å²) in [6.07, 6.45) is 5.34. The second kappa shape index (κ2) is 7.97. The summed E-state index contributed by atoms with van der Waals surface area (Å²) in [7, 11) is 0. The van der Waals surface area contributed by atoms with Crippen molar-refractivity contribution in [3.05, 3.63) is 0 Å². The zero-order chi connectivity index (χ0) is 15.1. The minimum absolute atomic E-state index is 0.0908. The van der Waals surface area contributed by atoms with Gasteiger partial charge < -0.3 is 9.47 Å². The zero-order valence-corrected chi connectivity index (χ0v) is 13.5. The van der Waals surface area contributed by atoms with Crippen molar-refractivity contribution in [1.29, 1.82) is 5.26 Å². The summed E-state index contributed by atoms with van der Waals surface area (Å²) in [6, 6.07) is 2.98. The summed E-state index contributed by atoms with van der Waals surface area (Å²) in [5, 5.41) is 12.7. The van der Waals surface area contributed by atoms with Crippen LogP contribution in [-0.4, -0.2) is 37.0 Å². The van der Waals surface area contributed by atoms with E-state index in [-0.39, 0.29) is 11.1 Å². The molecule has 4 nitrogen and oxygen atoms in total. The SMILES string of the molecule is CC(C#N)(CCCCOCCOC(C)(C)C)NC1CC1. The molecule has 1 atom stereocenters. The Hall–Kier alpha value is -0.630. The lowest BCUT2D eigenvalue weighted by Crippen LogP contribution is -2.42. The molecule has 0 amide bonds. The second-order valence-corrected chi connectivity index (χ2v) is 6.89. The molecule has 20 heavy (non-hydrogen) atoms. The Morgan fingerprint density at radius 1 is 1.10 bits per heavy atom. The standard InChI is InChI=1S/C16H30N2O2/c1-15(2,3)20-12-11-19-10-6-5-9-16(4,13-17)18-14-7-8-14/h14,18H,5-12H2,1-4H3. The van der Waals surface area contributed by atoms with Crippen LogP contribution < -0.4 is 5.32 Å². The van der Waals surface area contributed by atoms with Gasteiger partial charge in [0.25, 0.3) is 0 Å². The number of ether oxygens (including phenoxy) is 2. The maximum atomic E-state index is 9.25. The number of unbranched alkanes of at least 4 members (excludes halogenated alkanes) is 1. The Labute approximate surface area is 123 Å². The van der Waals surface area contributed by atoms with Gasteiger partial charge in [0, 0.05) is 12.6 Å². The normalized spacial score (nSPS) is 18.6. The molecule has 116 valence electrons. The molecular weight excluding hydrogens is 252 g/mol. The van der Waals surface area contributed by atoms with Gasteiger partial charge in [-0.1, -0.05) is 0 Å². The van der Waals surface area contributed by atoms with E-state index in [1.807, 2.05) is 27.7 Å². The average molecular weight is 282 g/mol. The number of rotatable bonds is 10. The van der Waals surface area contributed by atoms with E-state index in [9.17, 15) is 5.26 Å². The van der Waals surface area contributed by atoms with Crippen molar-refractivity contribution in [1.82, 2.24) is 5.32 Å². The van der Waals surface area contributed by atoms with Gasteiger partial charge in [0.2, 0.25) is 0 Å². The van der Waals surface area contributed by atoms with Crippen LogP contribution >= 0.6 is 0 Å². The first-order chi connectivity index (χ1) is 9.35. The van der Waals surface area contributed by atoms with Gasteiger partial charge in [-0.3, -0.25) is 5.32 Å². The zero-order valence-electron chi connectivity index (χ0n) is 13.5. The quantitative estimate of drug-likeness (QED) is 0.626. The van der Waals surface area contributed by atoms with Crippen molar-refractivity contribution in [3.8, 4) is 6.07 Å². The summed E-state index contributed by atoms with van der Waals surface area (Å²) >= 11 is 0. The van der Waals surface area contributed by atoms with Crippen molar-refractivity contribution in [2.45, 2.75) is 77.0 Å². The number of nitrogens with one attached hydrogen (secondary N) is 1. The van der Waals surface area contributed by atoms with Gasteiger partial charge in [0.05, 0.1) is 24.9 Å². The summed E-state index contributed by atoms with van der Waals surface area (Å²) in [4.78, 5) is 0. The number of nitriles is 1. The van der Waals surface area contributed by atoms with E-state index in [4.69, 9.17) is 9.47 Å². The summed E-state index contributed by atoms with van der Waals surface area (Å²) in [6.45, 7) is 10.2. The largest absolute Gasteiger partial charge is 0.379 e. The van der Waals surface area contributed by atoms with Crippen molar-refractivity contribution < 1.29 is 9.47 Å². The topological polar surface area (TPSA) is 54.3 Å². The molecule has 0 bridgehead atoms. The molecule has 1 N–H and O–H groups in total. The summed E-state index contributed by atoms with van der Waals surface area (Å²) < 4.78 is 11.1. The number of hydrogen-bond acceptors (Lipinski definition) is 4. The second-order valence-electron chi connectivity index (χ2n) is 6.89. The van der Waals surface area contributed by atoms with Gasteiger partial charge in [-0.05, 0) is 59.8 Å². The Morgan fingerprint density at radius 3 is 2.35 bits per heavy atom. The molecule has 0 heterocycles. The maximum Gasteiger partial charge on any atom is 0.104 e. The van der Waals surface area contributed by atoms with E-state index in [2.05, 4.69) is 11.4 Å². The van der Waals surface area contributed by atoms with Crippen molar-refractivity contribution in [2.24, 2.45) is 0 Å². The highest BCUT2D eigenvalue weighted by Crippen LogP contribution is 2.24. The molecule has 1 saturated carbocycles. The molecule has 0 radical (unpaired) electrons. The maximum absolute atomic E-state index is 9.25. The smallest absolute Gasteiger partial charge is 0.104 e. The lowest BCUT2D eigenvalue weighted by molar-refractivity contribution is -0.0352. The Bertz CT molecular complexity index is 315. The van der Waals surface area contributed by atoms with Crippen LogP contribution in [0.4, 0.5) is 0 Å². The fourth-order valence-electron chi connectivity index (χ4n) is 2.03. The molecule has 0 aromatic carbocycles. The van der Waals surface area contributed by atoms with Crippen LogP contribution in [0.25, 0.3) is 0 Å². The first kappa shape index (κ1) is 17.4. The minimum atomic E-state index is -0.365. The van der Waals surface area contributed by atoms with Crippen LogP contribution in [0, 0.1) is 11.3 Å². The van der Waals surface area contributed by atoms with Gasteiger partial charge in [-0.2, -0.15) is 5.26 Å². The Morgan fingerprint density at radius 2 is 1.80 bits per heavy atom. The van der Waals surface area contributed by atoms with Crippen LogP contribution in [0.5, 0.6) is 0 Å². The van der Waals surface area contributed by atoms with Gasteiger partial charge in [-0.15, -0.1) is 0 Å². The molecule has 0 aromatic rings. The van der Waals surface area contributed by atoms with E-state index >= 15 is 0 Å². The first-order valence-corrected chi connectivity index (χ1v) is 7.75. The van der Waals surface area contributed by atoms with Gasteiger partial charge >= 0.3 is 0 Å². The molecule has 4 heteroatoms. The highest BCUT2D eigenvalue weighted by Gasteiger charge is 2.31. The van der Waals surface area contributed by atoms with E-state index < -0.39 is 0 Å². The molecule has 1 fully saturated rings. The fourth-order valence-corrected chi connectivity index (χ4v) is 2.03. The third-order valence-electron chi connectivity index (χ3n) is 3.33. The monoisotopic (exact) mass is 282 g/mol. The van der Waals surface area contributed by atoms with Crippen LogP contribution in [0.2, 0.25) is 0 Å². The predicted octanol–water partition coefficient (Wildman–Crippen LogP) is 3.02. The highest BCUT2D eigenvalue weighted by molar-refractivity contribution is 5.06. The van der Waals surface area contributed by atoms with Crippen molar-refractivity contribution >= 4 is 0 Å². The lowest BCUT2D eigenvalue weighted by atomic mass is 9.96. The molecule has 1 aliphatic carbocycles. The fraction of sp³-hybridized carbons (Fsp3) is 0.938. The van der Waals surface area contributed by atoms with Crippen LogP contribution in [0.1, 0.15) is 59.8 Å². The van der Waals surface area contributed by atoms with E-state index in [0.717, 1.165) is 25.9 Å². The molecule has 0 aliphatic heterocycles. The molecule has 1 unspecified atom stereocenters. The lowest BCUT2D eigenvalue weighted by Gasteiger charge is -2.23. The Kier molecular flexibility index (Phi) is 6.94. The minimum Gasteiger partial charge on any atom is -0.379 e. The van der Waals surface area contributed by atoms with Crippen LogP contribution in [0.15, 0.2) is 0 Å². The van der Waals surface area contributed by atoms with Crippen molar-refractivity contribution in [3.63, 3.8) is 0 Å². The molecule has 1 aliphatic rings.